The van der Waals surface area contributed by atoms with Gasteiger partial charge in [0.2, 0.25) is 0 Å². The predicted molar refractivity (Wildman–Crippen MR) is 103 cm³/mol. The molecule has 0 aliphatic rings. The SMILES string of the molecule is O=S(=O)(Nc1cccc(-c2ccc3nncn3n2)c1)c1cc(Cl)ccc1Cl. The monoisotopic (exact) mass is 419 g/mol. The Labute approximate surface area is 164 Å². The second kappa shape index (κ2) is 6.80. The Hall–Kier alpha value is -2.68. The molecule has 136 valence electrons. The average molecular weight is 420 g/mol. The van der Waals surface area contributed by atoms with Gasteiger partial charge in [-0.1, -0.05) is 35.3 Å². The molecule has 4 aromatic rings. The number of sulfonamides is 1. The highest BCUT2D eigenvalue weighted by molar-refractivity contribution is 7.92. The summed E-state index contributed by atoms with van der Waals surface area (Å²) in [5, 5.41) is 12.5. The van der Waals surface area contributed by atoms with Gasteiger partial charge in [0.25, 0.3) is 10.0 Å². The average Bonchev–Trinajstić information content (AvgIpc) is 3.11. The third-order valence-corrected chi connectivity index (χ3v) is 5.85. The highest BCUT2D eigenvalue weighted by Crippen LogP contribution is 2.28. The Bertz CT molecular complexity index is 1260. The van der Waals surface area contributed by atoms with Crippen LogP contribution in [0.1, 0.15) is 0 Å². The van der Waals surface area contributed by atoms with E-state index in [-0.39, 0.29) is 14.9 Å². The van der Waals surface area contributed by atoms with Gasteiger partial charge in [0.15, 0.2) is 5.65 Å². The Morgan fingerprint density at radius 3 is 2.70 bits per heavy atom. The Morgan fingerprint density at radius 1 is 1.00 bits per heavy atom. The van der Waals surface area contributed by atoms with Gasteiger partial charge in [-0.3, -0.25) is 4.72 Å². The topological polar surface area (TPSA) is 89.2 Å². The molecule has 0 spiro atoms. The van der Waals surface area contributed by atoms with E-state index in [9.17, 15) is 8.42 Å². The van der Waals surface area contributed by atoms with Crippen LogP contribution < -0.4 is 4.72 Å². The van der Waals surface area contributed by atoms with Gasteiger partial charge in [0.05, 0.1) is 10.7 Å². The van der Waals surface area contributed by atoms with Gasteiger partial charge in [0, 0.05) is 16.3 Å². The molecular formula is C17H11Cl2N5O2S. The van der Waals surface area contributed by atoms with Crippen molar-refractivity contribution in [3.05, 3.63) is 71.0 Å². The van der Waals surface area contributed by atoms with Crippen LogP contribution in [0.3, 0.4) is 0 Å². The van der Waals surface area contributed by atoms with Crippen LogP contribution in [0.5, 0.6) is 0 Å². The number of anilines is 1. The number of hydrogen-bond donors (Lipinski definition) is 1. The van der Waals surface area contributed by atoms with Crippen LogP contribution in [0.15, 0.2) is 65.8 Å². The van der Waals surface area contributed by atoms with E-state index < -0.39 is 10.0 Å². The van der Waals surface area contributed by atoms with Crippen molar-refractivity contribution >= 4 is 44.6 Å². The number of nitrogens with one attached hydrogen (secondary N) is 1. The van der Waals surface area contributed by atoms with Gasteiger partial charge < -0.3 is 0 Å². The van der Waals surface area contributed by atoms with Gasteiger partial charge in [-0.25, -0.2) is 8.42 Å². The number of halogens is 2. The minimum Gasteiger partial charge on any atom is -0.280 e. The molecule has 0 amide bonds. The Kier molecular flexibility index (Phi) is 4.47. The van der Waals surface area contributed by atoms with E-state index in [1.165, 1.54) is 29.0 Å². The molecule has 0 aliphatic heterocycles. The van der Waals surface area contributed by atoms with Crippen molar-refractivity contribution in [2.24, 2.45) is 0 Å². The fourth-order valence-electron chi connectivity index (χ4n) is 2.52. The summed E-state index contributed by atoms with van der Waals surface area (Å²) in [6.07, 6.45) is 1.49. The first-order valence-corrected chi connectivity index (χ1v) is 9.92. The van der Waals surface area contributed by atoms with Gasteiger partial charge in [-0.15, -0.1) is 10.2 Å². The first-order valence-electron chi connectivity index (χ1n) is 7.68. The smallest absolute Gasteiger partial charge is 0.263 e. The molecule has 0 saturated carbocycles. The van der Waals surface area contributed by atoms with E-state index in [1.807, 2.05) is 6.07 Å². The molecule has 2 aromatic carbocycles. The minimum atomic E-state index is -3.90. The summed E-state index contributed by atoms with van der Waals surface area (Å²) in [5.41, 5.74) is 2.35. The van der Waals surface area contributed by atoms with Crippen molar-refractivity contribution in [3.8, 4) is 11.3 Å². The number of hydrogen-bond acceptors (Lipinski definition) is 5. The molecule has 0 atom stereocenters. The summed E-state index contributed by atoms with van der Waals surface area (Å²) in [6.45, 7) is 0. The van der Waals surface area contributed by atoms with Crippen LogP contribution in [-0.4, -0.2) is 28.2 Å². The lowest BCUT2D eigenvalue weighted by Gasteiger charge is -2.11. The van der Waals surface area contributed by atoms with Crippen molar-refractivity contribution in [2.45, 2.75) is 4.90 Å². The normalized spacial score (nSPS) is 11.6. The van der Waals surface area contributed by atoms with Crippen LogP contribution >= 0.6 is 23.2 Å². The quantitative estimate of drug-likeness (QED) is 0.541. The summed E-state index contributed by atoms with van der Waals surface area (Å²) in [5.74, 6) is 0. The molecule has 0 radical (unpaired) electrons. The van der Waals surface area contributed by atoms with Crippen LogP contribution in [0.4, 0.5) is 5.69 Å². The first kappa shape index (κ1) is 17.7. The summed E-state index contributed by atoms with van der Waals surface area (Å²) in [7, 11) is -3.90. The van der Waals surface area contributed by atoms with Crippen LogP contribution in [-0.2, 0) is 10.0 Å². The van der Waals surface area contributed by atoms with Crippen LogP contribution in [0.2, 0.25) is 10.0 Å². The fourth-order valence-corrected chi connectivity index (χ4v) is 4.33. The van der Waals surface area contributed by atoms with E-state index in [4.69, 9.17) is 23.2 Å². The molecule has 0 fully saturated rings. The molecular weight excluding hydrogens is 409 g/mol. The van der Waals surface area contributed by atoms with Gasteiger partial charge in [-0.05, 0) is 42.5 Å². The molecule has 0 aliphatic carbocycles. The molecule has 1 N–H and O–H groups in total. The van der Waals surface area contributed by atoms with Gasteiger partial charge in [0.1, 0.15) is 11.2 Å². The lowest BCUT2D eigenvalue weighted by Crippen LogP contribution is -2.13. The molecule has 2 aromatic heterocycles. The number of benzene rings is 2. The standard InChI is InChI=1S/C17H11Cl2N5O2S/c18-12-4-5-14(19)16(9-12)27(25,26)23-13-3-1-2-11(8-13)15-6-7-17-21-20-10-24(17)22-15/h1-10,23H. The fraction of sp³-hybridized carbons (Fsp3) is 0. The van der Waals surface area contributed by atoms with Crippen molar-refractivity contribution < 1.29 is 8.42 Å². The number of fused-ring (bicyclic) bond motifs is 1. The van der Waals surface area contributed by atoms with E-state index in [0.29, 0.717) is 17.0 Å². The zero-order chi connectivity index (χ0) is 19.0. The minimum absolute atomic E-state index is 0.0859. The molecule has 4 rings (SSSR count). The van der Waals surface area contributed by atoms with E-state index in [1.54, 1.807) is 30.3 Å². The number of nitrogens with zero attached hydrogens (tertiary/aromatic N) is 4. The van der Waals surface area contributed by atoms with Gasteiger partial charge in [-0.2, -0.15) is 9.61 Å². The van der Waals surface area contributed by atoms with Gasteiger partial charge >= 0.3 is 0 Å². The highest BCUT2D eigenvalue weighted by atomic mass is 35.5. The zero-order valence-electron chi connectivity index (χ0n) is 13.5. The first-order chi connectivity index (χ1) is 12.9. The number of rotatable bonds is 4. The maximum Gasteiger partial charge on any atom is 0.263 e. The molecule has 0 bridgehead atoms. The van der Waals surface area contributed by atoms with Crippen LogP contribution in [0.25, 0.3) is 16.9 Å². The van der Waals surface area contributed by atoms with Crippen molar-refractivity contribution in [1.29, 1.82) is 0 Å². The van der Waals surface area contributed by atoms with E-state index in [0.717, 1.165) is 5.56 Å². The molecule has 0 unspecified atom stereocenters. The maximum absolute atomic E-state index is 12.7. The largest absolute Gasteiger partial charge is 0.280 e. The lowest BCUT2D eigenvalue weighted by atomic mass is 10.1. The third kappa shape index (κ3) is 3.59. The lowest BCUT2D eigenvalue weighted by molar-refractivity contribution is 0.601. The Balaban J connectivity index is 1.69. The van der Waals surface area contributed by atoms with Crippen molar-refractivity contribution in [2.75, 3.05) is 4.72 Å². The summed E-state index contributed by atoms with van der Waals surface area (Å²) >= 11 is 11.9. The summed E-state index contributed by atoms with van der Waals surface area (Å²) in [4.78, 5) is -0.0916. The number of aromatic nitrogens is 4. The van der Waals surface area contributed by atoms with Crippen molar-refractivity contribution in [1.82, 2.24) is 19.8 Å². The third-order valence-electron chi connectivity index (χ3n) is 3.75. The van der Waals surface area contributed by atoms with Crippen LogP contribution in [0, 0.1) is 0 Å². The highest BCUT2D eigenvalue weighted by Gasteiger charge is 2.19. The molecule has 10 heteroatoms. The predicted octanol–water partition coefficient (Wildman–Crippen LogP) is 3.90. The Morgan fingerprint density at radius 2 is 1.85 bits per heavy atom. The van der Waals surface area contributed by atoms with E-state index in [2.05, 4.69) is 20.0 Å². The summed E-state index contributed by atoms with van der Waals surface area (Å²) in [6, 6.07) is 14.7. The second-order valence-corrected chi connectivity index (χ2v) is 8.11. The maximum atomic E-state index is 12.7. The molecule has 27 heavy (non-hydrogen) atoms. The zero-order valence-corrected chi connectivity index (χ0v) is 15.9. The molecule has 0 saturated heterocycles. The van der Waals surface area contributed by atoms with E-state index >= 15 is 0 Å². The van der Waals surface area contributed by atoms with Crippen molar-refractivity contribution in [3.63, 3.8) is 0 Å². The summed E-state index contributed by atoms with van der Waals surface area (Å²) < 4.78 is 29.4. The molecule has 7 nitrogen and oxygen atoms in total. The second-order valence-electron chi connectivity index (χ2n) is 5.61. The molecule has 2 heterocycles.